The van der Waals surface area contributed by atoms with Crippen molar-refractivity contribution in [1.82, 2.24) is 5.32 Å². The van der Waals surface area contributed by atoms with Crippen molar-refractivity contribution >= 4 is 29.2 Å². The summed E-state index contributed by atoms with van der Waals surface area (Å²) in [6.45, 7) is 1.65. The van der Waals surface area contributed by atoms with Crippen LogP contribution in [0.5, 0.6) is 0 Å². The maximum absolute atomic E-state index is 12.0. The van der Waals surface area contributed by atoms with Crippen LogP contribution in [0, 0.1) is 5.92 Å². The molecule has 2 rings (SSSR count). The Hall–Kier alpha value is -1.59. The highest BCUT2D eigenvalue weighted by Crippen LogP contribution is 2.21. The van der Waals surface area contributed by atoms with Crippen molar-refractivity contribution in [1.29, 1.82) is 0 Å². The van der Waals surface area contributed by atoms with Gasteiger partial charge in [0.1, 0.15) is 0 Å². The van der Waals surface area contributed by atoms with Crippen LogP contribution in [0.25, 0.3) is 0 Å². The van der Waals surface area contributed by atoms with Crippen molar-refractivity contribution in [3.05, 3.63) is 28.8 Å². The average Bonchev–Trinajstić information content (AvgIpc) is 2.39. The third kappa shape index (κ3) is 3.68. The molecule has 1 aliphatic rings. The van der Waals surface area contributed by atoms with Crippen LogP contribution < -0.4 is 10.6 Å². The van der Waals surface area contributed by atoms with Crippen LogP contribution in [0.15, 0.2) is 18.2 Å². The highest BCUT2D eigenvalue weighted by molar-refractivity contribution is 6.31. The number of carboxylic acids is 1. The van der Waals surface area contributed by atoms with E-state index in [1.807, 2.05) is 0 Å². The molecule has 102 valence electrons. The molecule has 1 saturated heterocycles. The molecule has 6 heteroatoms. The van der Waals surface area contributed by atoms with E-state index in [4.69, 9.17) is 16.7 Å². The van der Waals surface area contributed by atoms with Crippen LogP contribution in [-0.2, 0) is 4.79 Å². The molecule has 1 aromatic carbocycles. The number of halogens is 1. The van der Waals surface area contributed by atoms with E-state index in [9.17, 15) is 9.59 Å². The minimum Gasteiger partial charge on any atom is -0.478 e. The summed E-state index contributed by atoms with van der Waals surface area (Å²) in [5.41, 5.74) is 0.488. The number of piperidine rings is 1. The van der Waals surface area contributed by atoms with Gasteiger partial charge in [-0.05, 0) is 44.1 Å². The predicted octanol–water partition coefficient (Wildman–Crippen LogP) is 1.98. The fourth-order valence-electron chi connectivity index (χ4n) is 2.11. The first-order valence-corrected chi connectivity index (χ1v) is 6.49. The summed E-state index contributed by atoms with van der Waals surface area (Å²) in [5.74, 6) is -1.19. The molecule has 19 heavy (non-hydrogen) atoms. The van der Waals surface area contributed by atoms with Crippen molar-refractivity contribution in [2.75, 3.05) is 18.4 Å². The fourth-order valence-corrected chi connectivity index (χ4v) is 2.35. The summed E-state index contributed by atoms with van der Waals surface area (Å²) >= 11 is 5.84. The van der Waals surface area contributed by atoms with E-state index in [1.54, 1.807) is 6.07 Å². The zero-order valence-electron chi connectivity index (χ0n) is 10.3. The first-order chi connectivity index (χ1) is 9.06. The smallest absolute Gasteiger partial charge is 0.335 e. The number of carboxylic acid groups (broad SMARTS) is 1. The zero-order valence-corrected chi connectivity index (χ0v) is 11.0. The highest BCUT2D eigenvalue weighted by Gasteiger charge is 2.21. The van der Waals surface area contributed by atoms with Crippen LogP contribution in [0.3, 0.4) is 0 Å². The second-order valence-corrected chi connectivity index (χ2v) is 4.98. The summed E-state index contributed by atoms with van der Waals surface area (Å²) in [6, 6.07) is 4.31. The van der Waals surface area contributed by atoms with Gasteiger partial charge in [0.25, 0.3) is 0 Å². The van der Waals surface area contributed by atoms with Crippen molar-refractivity contribution < 1.29 is 14.7 Å². The number of benzene rings is 1. The van der Waals surface area contributed by atoms with Gasteiger partial charge in [0.05, 0.1) is 5.56 Å². The van der Waals surface area contributed by atoms with Crippen molar-refractivity contribution in [2.45, 2.75) is 12.8 Å². The van der Waals surface area contributed by atoms with Crippen LogP contribution >= 0.6 is 11.6 Å². The molecule has 0 unspecified atom stereocenters. The lowest BCUT2D eigenvalue weighted by atomic mass is 9.97. The summed E-state index contributed by atoms with van der Waals surface area (Å²) in [5, 5.41) is 15.2. The maximum atomic E-state index is 12.0. The molecule has 1 heterocycles. The molecule has 0 aromatic heterocycles. The summed E-state index contributed by atoms with van der Waals surface area (Å²) in [7, 11) is 0. The number of hydrogen-bond donors (Lipinski definition) is 3. The van der Waals surface area contributed by atoms with E-state index in [-0.39, 0.29) is 17.4 Å². The number of carbonyl (C=O) groups is 2. The van der Waals surface area contributed by atoms with Gasteiger partial charge >= 0.3 is 5.97 Å². The molecule has 1 amide bonds. The van der Waals surface area contributed by atoms with Gasteiger partial charge in [-0.25, -0.2) is 4.79 Å². The molecule has 5 nitrogen and oxygen atoms in total. The number of rotatable bonds is 3. The Morgan fingerprint density at radius 2 is 1.95 bits per heavy atom. The molecule has 0 spiro atoms. The lowest BCUT2D eigenvalue weighted by Crippen LogP contribution is -2.34. The Bertz CT molecular complexity index is 499. The summed E-state index contributed by atoms with van der Waals surface area (Å²) < 4.78 is 0. The number of hydrogen-bond acceptors (Lipinski definition) is 3. The van der Waals surface area contributed by atoms with Crippen LogP contribution in [0.1, 0.15) is 23.2 Å². The summed E-state index contributed by atoms with van der Waals surface area (Å²) in [4.78, 5) is 22.9. The molecular weight excluding hydrogens is 268 g/mol. The van der Waals surface area contributed by atoms with Gasteiger partial charge in [0, 0.05) is 16.6 Å². The number of aromatic carboxylic acids is 1. The molecule has 1 fully saturated rings. The van der Waals surface area contributed by atoms with Crippen LogP contribution in [-0.4, -0.2) is 30.1 Å². The van der Waals surface area contributed by atoms with Crippen molar-refractivity contribution in [3.8, 4) is 0 Å². The highest BCUT2D eigenvalue weighted by atomic mass is 35.5. The molecule has 1 aliphatic heterocycles. The number of carbonyl (C=O) groups excluding carboxylic acids is 1. The maximum Gasteiger partial charge on any atom is 0.335 e. The fraction of sp³-hybridized carbons (Fsp3) is 0.385. The van der Waals surface area contributed by atoms with Crippen LogP contribution in [0.4, 0.5) is 5.69 Å². The Balaban J connectivity index is 2.09. The molecule has 1 aromatic rings. The third-order valence-electron chi connectivity index (χ3n) is 3.12. The van der Waals surface area contributed by atoms with E-state index >= 15 is 0 Å². The zero-order chi connectivity index (χ0) is 13.8. The van der Waals surface area contributed by atoms with E-state index in [1.165, 1.54) is 12.1 Å². The minimum atomic E-state index is -1.07. The predicted molar refractivity (Wildman–Crippen MR) is 72.6 cm³/mol. The van der Waals surface area contributed by atoms with Gasteiger partial charge in [-0.1, -0.05) is 11.6 Å². The van der Waals surface area contributed by atoms with Crippen LogP contribution in [0.2, 0.25) is 5.02 Å². The third-order valence-corrected chi connectivity index (χ3v) is 3.34. The van der Waals surface area contributed by atoms with E-state index < -0.39 is 5.97 Å². The van der Waals surface area contributed by atoms with Crippen molar-refractivity contribution in [3.63, 3.8) is 0 Å². The monoisotopic (exact) mass is 282 g/mol. The topological polar surface area (TPSA) is 78.4 Å². The Kier molecular flexibility index (Phi) is 4.39. The molecule has 0 bridgehead atoms. The number of anilines is 1. The molecule has 0 saturated carbocycles. The van der Waals surface area contributed by atoms with E-state index in [2.05, 4.69) is 10.6 Å². The normalized spacial score (nSPS) is 16.1. The molecule has 0 atom stereocenters. The van der Waals surface area contributed by atoms with Gasteiger partial charge in [-0.15, -0.1) is 0 Å². The minimum absolute atomic E-state index is 0.0338. The second kappa shape index (κ2) is 6.04. The molecular formula is C13H15ClN2O3. The standard InChI is InChI=1S/C13H15ClN2O3/c14-10-5-9(13(18)19)6-11(7-10)16-12(17)8-1-3-15-4-2-8/h5-8,15H,1-4H2,(H,16,17)(H,18,19). The van der Waals surface area contributed by atoms with Gasteiger partial charge < -0.3 is 15.7 Å². The van der Waals surface area contributed by atoms with E-state index in [0.29, 0.717) is 10.7 Å². The van der Waals surface area contributed by atoms with Gasteiger partial charge in [-0.3, -0.25) is 4.79 Å². The van der Waals surface area contributed by atoms with Gasteiger partial charge in [-0.2, -0.15) is 0 Å². The lowest BCUT2D eigenvalue weighted by Gasteiger charge is -2.21. The largest absolute Gasteiger partial charge is 0.478 e. The van der Waals surface area contributed by atoms with Gasteiger partial charge in [0.15, 0.2) is 0 Å². The Morgan fingerprint density at radius 3 is 2.58 bits per heavy atom. The van der Waals surface area contributed by atoms with Gasteiger partial charge in [0.2, 0.25) is 5.91 Å². The Labute approximate surface area is 116 Å². The first-order valence-electron chi connectivity index (χ1n) is 6.12. The second-order valence-electron chi connectivity index (χ2n) is 4.55. The first kappa shape index (κ1) is 13.8. The lowest BCUT2D eigenvalue weighted by molar-refractivity contribution is -0.120. The van der Waals surface area contributed by atoms with E-state index in [0.717, 1.165) is 25.9 Å². The SMILES string of the molecule is O=C(O)c1cc(Cl)cc(NC(=O)C2CCNCC2)c1. The molecule has 3 N–H and O–H groups in total. The van der Waals surface area contributed by atoms with Crippen molar-refractivity contribution in [2.24, 2.45) is 5.92 Å². The molecule has 0 aliphatic carbocycles. The average molecular weight is 283 g/mol. The number of amides is 1. The summed E-state index contributed by atoms with van der Waals surface area (Å²) in [6.07, 6.45) is 1.58. The Morgan fingerprint density at radius 1 is 1.26 bits per heavy atom. The quantitative estimate of drug-likeness (QED) is 0.792. The molecule has 0 radical (unpaired) electrons. The number of nitrogens with one attached hydrogen (secondary N) is 2.